The largest absolute Gasteiger partial charge is 0.489 e. The van der Waals surface area contributed by atoms with Gasteiger partial charge in [-0.25, -0.2) is 0 Å². The van der Waals surface area contributed by atoms with Gasteiger partial charge in [-0.2, -0.15) is 0 Å². The molecule has 0 radical (unpaired) electrons. The molecule has 0 bridgehead atoms. The lowest BCUT2D eigenvalue weighted by Gasteiger charge is -2.10. The Labute approximate surface area is 116 Å². The summed E-state index contributed by atoms with van der Waals surface area (Å²) in [6.07, 6.45) is 0. The van der Waals surface area contributed by atoms with E-state index in [0.29, 0.717) is 6.61 Å². The highest BCUT2D eigenvalue weighted by Crippen LogP contribution is 2.22. The summed E-state index contributed by atoms with van der Waals surface area (Å²) in [5.41, 5.74) is 9.94. The molecular formula is C15H16BrNO. The number of anilines is 1. The minimum atomic E-state index is 0.522. The Balaban J connectivity index is 2.13. The maximum Gasteiger partial charge on any atom is 0.122 e. The van der Waals surface area contributed by atoms with Crippen LogP contribution in [0.25, 0.3) is 0 Å². The van der Waals surface area contributed by atoms with Crippen LogP contribution in [0.1, 0.15) is 16.7 Å². The average Bonchev–Trinajstić information content (AvgIpc) is 2.29. The van der Waals surface area contributed by atoms with Crippen molar-refractivity contribution in [3.05, 3.63) is 57.6 Å². The number of hydrogen-bond donors (Lipinski definition) is 1. The zero-order valence-corrected chi connectivity index (χ0v) is 12.1. The lowest BCUT2D eigenvalue weighted by Crippen LogP contribution is -1.98. The van der Waals surface area contributed by atoms with Gasteiger partial charge in [-0.05, 0) is 54.8 Å². The van der Waals surface area contributed by atoms with Crippen LogP contribution in [0, 0.1) is 13.8 Å². The molecule has 18 heavy (non-hydrogen) atoms. The van der Waals surface area contributed by atoms with Crippen molar-refractivity contribution < 1.29 is 4.74 Å². The highest BCUT2D eigenvalue weighted by Gasteiger charge is 2.02. The van der Waals surface area contributed by atoms with Crippen LogP contribution in [0.15, 0.2) is 40.9 Å². The van der Waals surface area contributed by atoms with Crippen LogP contribution in [0.2, 0.25) is 0 Å². The van der Waals surface area contributed by atoms with E-state index in [1.54, 1.807) is 0 Å². The lowest BCUT2D eigenvalue weighted by atomic mass is 10.1. The van der Waals surface area contributed by atoms with Crippen molar-refractivity contribution in [1.29, 1.82) is 0 Å². The van der Waals surface area contributed by atoms with Crippen LogP contribution in [-0.2, 0) is 6.61 Å². The fourth-order valence-corrected chi connectivity index (χ4v) is 2.34. The van der Waals surface area contributed by atoms with Crippen LogP contribution >= 0.6 is 15.9 Å². The third-order valence-electron chi connectivity index (χ3n) is 2.72. The van der Waals surface area contributed by atoms with Crippen LogP contribution < -0.4 is 10.5 Å². The third kappa shape index (κ3) is 3.26. The molecule has 0 spiro atoms. The van der Waals surface area contributed by atoms with E-state index in [9.17, 15) is 0 Å². The molecule has 0 aromatic heterocycles. The Morgan fingerprint density at radius 2 is 1.89 bits per heavy atom. The quantitative estimate of drug-likeness (QED) is 0.861. The molecule has 2 aromatic carbocycles. The Kier molecular flexibility index (Phi) is 3.92. The smallest absolute Gasteiger partial charge is 0.122 e. The van der Waals surface area contributed by atoms with Crippen molar-refractivity contribution in [3.8, 4) is 5.75 Å². The summed E-state index contributed by atoms with van der Waals surface area (Å²) in [5, 5.41) is 0. The summed E-state index contributed by atoms with van der Waals surface area (Å²) >= 11 is 3.43. The SMILES string of the molecule is Cc1ccc(C)c(OCc2cc(N)cc(Br)c2)c1. The summed E-state index contributed by atoms with van der Waals surface area (Å²) < 4.78 is 6.81. The molecule has 0 fully saturated rings. The monoisotopic (exact) mass is 305 g/mol. The van der Waals surface area contributed by atoms with Gasteiger partial charge in [0.15, 0.2) is 0 Å². The van der Waals surface area contributed by atoms with Gasteiger partial charge in [0, 0.05) is 10.2 Å². The summed E-state index contributed by atoms with van der Waals surface area (Å²) in [6, 6.07) is 12.0. The van der Waals surface area contributed by atoms with Crippen molar-refractivity contribution in [1.82, 2.24) is 0 Å². The molecule has 0 amide bonds. The summed E-state index contributed by atoms with van der Waals surface area (Å²) in [4.78, 5) is 0. The minimum absolute atomic E-state index is 0.522. The number of benzene rings is 2. The number of halogens is 1. The van der Waals surface area contributed by atoms with Crippen LogP contribution in [0.3, 0.4) is 0 Å². The van der Waals surface area contributed by atoms with Crippen molar-refractivity contribution in [2.45, 2.75) is 20.5 Å². The van der Waals surface area contributed by atoms with E-state index < -0.39 is 0 Å². The van der Waals surface area contributed by atoms with E-state index in [-0.39, 0.29) is 0 Å². The number of rotatable bonds is 3. The molecule has 0 aliphatic rings. The standard InChI is InChI=1S/C15H16BrNO/c1-10-3-4-11(2)15(5-10)18-9-12-6-13(16)8-14(17)7-12/h3-8H,9,17H2,1-2H3. The molecule has 0 heterocycles. The molecule has 0 saturated carbocycles. The van der Waals surface area contributed by atoms with Gasteiger partial charge in [-0.1, -0.05) is 28.1 Å². The van der Waals surface area contributed by atoms with Gasteiger partial charge in [-0.15, -0.1) is 0 Å². The maximum atomic E-state index is 5.84. The second kappa shape index (κ2) is 5.44. The second-order valence-corrected chi connectivity index (χ2v) is 5.37. The first-order valence-electron chi connectivity index (χ1n) is 5.79. The molecule has 2 rings (SSSR count). The Morgan fingerprint density at radius 3 is 2.61 bits per heavy atom. The number of hydrogen-bond acceptors (Lipinski definition) is 2. The third-order valence-corrected chi connectivity index (χ3v) is 3.18. The second-order valence-electron chi connectivity index (χ2n) is 4.45. The van der Waals surface area contributed by atoms with Crippen LogP contribution in [-0.4, -0.2) is 0 Å². The van der Waals surface area contributed by atoms with Crippen LogP contribution in [0.5, 0.6) is 5.75 Å². The average molecular weight is 306 g/mol. The highest BCUT2D eigenvalue weighted by atomic mass is 79.9. The van der Waals surface area contributed by atoms with Crippen LogP contribution in [0.4, 0.5) is 5.69 Å². The van der Waals surface area contributed by atoms with Crippen molar-refractivity contribution in [2.75, 3.05) is 5.73 Å². The predicted molar refractivity (Wildman–Crippen MR) is 78.8 cm³/mol. The normalized spacial score (nSPS) is 10.4. The molecule has 3 heteroatoms. The molecule has 2 aromatic rings. The van der Waals surface area contributed by atoms with Gasteiger partial charge >= 0.3 is 0 Å². The summed E-state index contributed by atoms with van der Waals surface area (Å²) in [5.74, 6) is 0.925. The molecule has 0 atom stereocenters. The number of nitrogen functional groups attached to an aromatic ring is 1. The van der Waals surface area contributed by atoms with E-state index in [1.807, 2.05) is 25.1 Å². The minimum Gasteiger partial charge on any atom is -0.489 e. The first-order chi connectivity index (χ1) is 8.54. The van der Waals surface area contributed by atoms with E-state index in [4.69, 9.17) is 10.5 Å². The summed E-state index contributed by atoms with van der Waals surface area (Å²) in [6.45, 7) is 4.63. The van der Waals surface area contributed by atoms with E-state index in [2.05, 4.69) is 41.1 Å². The summed E-state index contributed by atoms with van der Waals surface area (Å²) in [7, 11) is 0. The Bertz CT molecular complexity index is 546. The number of nitrogens with two attached hydrogens (primary N) is 1. The molecule has 0 aliphatic heterocycles. The predicted octanol–water partition coefficient (Wildman–Crippen LogP) is 4.23. The van der Waals surface area contributed by atoms with E-state index >= 15 is 0 Å². The zero-order chi connectivity index (χ0) is 13.1. The molecule has 94 valence electrons. The maximum absolute atomic E-state index is 5.84. The number of ether oxygens (including phenoxy) is 1. The lowest BCUT2D eigenvalue weighted by molar-refractivity contribution is 0.304. The molecule has 0 aliphatic carbocycles. The molecule has 2 N–H and O–H groups in total. The fraction of sp³-hybridized carbons (Fsp3) is 0.200. The van der Waals surface area contributed by atoms with Gasteiger partial charge in [0.1, 0.15) is 12.4 Å². The molecule has 2 nitrogen and oxygen atoms in total. The van der Waals surface area contributed by atoms with Crippen molar-refractivity contribution in [2.24, 2.45) is 0 Å². The first kappa shape index (κ1) is 13.0. The van der Waals surface area contributed by atoms with Crippen molar-refractivity contribution in [3.63, 3.8) is 0 Å². The van der Waals surface area contributed by atoms with Gasteiger partial charge in [0.2, 0.25) is 0 Å². The highest BCUT2D eigenvalue weighted by molar-refractivity contribution is 9.10. The van der Waals surface area contributed by atoms with E-state index in [1.165, 1.54) is 5.56 Å². The fourth-order valence-electron chi connectivity index (χ4n) is 1.78. The Morgan fingerprint density at radius 1 is 1.11 bits per heavy atom. The molecule has 0 unspecified atom stereocenters. The van der Waals surface area contributed by atoms with Gasteiger partial charge in [0.25, 0.3) is 0 Å². The molecular weight excluding hydrogens is 290 g/mol. The van der Waals surface area contributed by atoms with Gasteiger partial charge in [-0.3, -0.25) is 0 Å². The zero-order valence-electron chi connectivity index (χ0n) is 10.5. The first-order valence-corrected chi connectivity index (χ1v) is 6.59. The van der Waals surface area contributed by atoms with Crippen molar-refractivity contribution >= 4 is 21.6 Å². The van der Waals surface area contributed by atoms with Gasteiger partial charge < -0.3 is 10.5 Å². The Hall–Kier alpha value is -1.48. The molecule has 0 saturated heterocycles. The van der Waals surface area contributed by atoms with Gasteiger partial charge in [0.05, 0.1) is 0 Å². The number of aryl methyl sites for hydroxylation is 2. The topological polar surface area (TPSA) is 35.2 Å². The van der Waals surface area contributed by atoms with E-state index in [0.717, 1.165) is 27.0 Å².